The quantitative estimate of drug-likeness (QED) is 0.476. The molecular weight excluding hydrogens is 455 g/mol. The smallest absolute Gasteiger partial charge is 0.271 e. The third-order valence-electron chi connectivity index (χ3n) is 4.24. The molecule has 168 valence electrons. The number of nitrogens with zero attached hydrogens (tertiary/aromatic N) is 2. The Labute approximate surface area is 183 Å². The minimum absolute atomic E-state index is 0.345. The lowest BCUT2D eigenvalue weighted by atomic mass is 10.0. The summed E-state index contributed by atoms with van der Waals surface area (Å²) in [5.41, 5.74) is 2.46. The van der Waals surface area contributed by atoms with E-state index >= 15 is 0 Å². The van der Waals surface area contributed by atoms with Crippen molar-refractivity contribution < 1.29 is 26.4 Å². The lowest BCUT2D eigenvalue weighted by molar-refractivity contribution is -0.137. The average Bonchev–Trinajstić information content (AvgIpc) is 2.65. The standard InChI is InChI=1S/C20H21ClF3N3O3S/c1-13(2)15-6-4-14(5-7-15)11-25-26-19(28)12-27(31(3,29)30)16-8-9-18(21)17(10-16)20(22,23)24/h4-11,13H,12H2,1-3H3,(H,26,28)/b25-11-. The predicted molar refractivity (Wildman–Crippen MR) is 115 cm³/mol. The molecule has 0 bridgehead atoms. The molecule has 0 unspecified atom stereocenters. The maximum absolute atomic E-state index is 13.1. The number of alkyl halides is 3. The monoisotopic (exact) mass is 475 g/mol. The van der Waals surface area contributed by atoms with E-state index in [1.807, 2.05) is 12.1 Å². The summed E-state index contributed by atoms with van der Waals surface area (Å²) in [4.78, 5) is 12.2. The highest BCUT2D eigenvalue weighted by molar-refractivity contribution is 7.92. The van der Waals surface area contributed by atoms with Crippen LogP contribution in [0.25, 0.3) is 0 Å². The number of anilines is 1. The number of rotatable bonds is 7. The number of sulfonamides is 1. The van der Waals surface area contributed by atoms with Gasteiger partial charge < -0.3 is 0 Å². The molecule has 0 fully saturated rings. The van der Waals surface area contributed by atoms with Crippen molar-refractivity contribution in [1.29, 1.82) is 0 Å². The Balaban J connectivity index is 2.16. The van der Waals surface area contributed by atoms with Crippen LogP contribution in [0, 0.1) is 0 Å². The molecule has 1 amide bonds. The van der Waals surface area contributed by atoms with Gasteiger partial charge in [0, 0.05) is 0 Å². The molecule has 2 rings (SSSR count). The lowest BCUT2D eigenvalue weighted by Gasteiger charge is -2.22. The van der Waals surface area contributed by atoms with Gasteiger partial charge in [-0.2, -0.15) is 18.3 Å². The molecule has 0 aromatic heterocycles. The van der Waals surface area contributed by atoms with E-state index in [-0.39, 0.29) is 5.69 Å². The maximum Gasteiger partial charge on any atom is 0.417 e. The van der Waals surface area contributed by atoms with Gasteiger partial charge in [0.15, 0.2) is 0 Å². The fourth-order valence-corrected chi connectivity index (χ4v) is 3.67. The van der Waals surface area contributed by atoms with Crippen molar-refractivity contribution in [1.82, 2.24) is 5.43 Å². The Morgan fingerprint density at radius 2 is 1.81 bits per heavy atom. The van der Waals surface area contributed by atoms with Crippen LogP contribution in [-0.4, -0.2) is 33.3 Å². The van der Waals surface area contributed by atoms with Crippen molar-refractivity contribution in [2.24, 2.45) is 5.10 Å². The number of hydrazone groups is 1. The highest BCUT2D eigenvalue weighted by Gasteiger charge is 2.34. The van der Waals surface area contributed by atoms with Crippen LogP contribution in [0.2, 0.25) is 5.02 Å². The minimum atomic E-state index is -4.78. The number of carbonyl (C=O) groups excluding carboxylic acids is 1. The first-order valence-corrected chi connectivity index (χ1v) is 11.3. The average molecular weight is 476 g/mol. The van der Waals surface area contributed by atoms with Gasteiger partial charge in [-0.05, 0) is 35.2 Å². The molecule has 0 spiro atoms. The van der Waals surface area contributed by atoms with E-state index in [2.05, 4.69) is 24.4 Å². The maximum atomic E-state index is 13.1. The van der Waals surface area contributed by atoms with Gasteiger partial charge in [0.05, 0.1) is 28.7 Å². The van der Waals surface area contributed by atoms with Crippen LogP contribution in [0.15, 0.2) is 47.6 Å². The van der Waals surface area contributed by atoms with Crippen LogP contribution in [0.4, 0.5) is 18.9 Å². The second kappa shape index (κ2) is 9.69. The first-order chi connectivity index (χ1) is 14.3. The van der Waals surface area contributed by atoms with Crippen LogP contribution in [0.5, 0.6) is 0 Å². The summed E-state index contributed by atoms with van der Waals surface area (Å²) in [5.74, 6) is -0.470. The summed E-state index contributed by atoms with van der Waals surface area (Å²) in [5, 5.41) is 3.19. The second-order valence-electron chi connectivity index (χ2n) is 7.05. The highest BCUT2D eigenvalue weighted by Crippen LogP contribution is 2.37. The fourth-order valence-electron chi connectivity index (χ4n) is 2.60. The molecule has 0 saturated heterocycles. The Bertz CT molecular complexity index is 1070. The summed E-state index contributed by atoms with van der Waals surface area (Å²) >= 11 is 5.57. The summed E-state index contributed by atoms with van der Waals surface area (Å²) in [7, 11) is -4.07. The van der Waals surface area contributed by atoms with E-state index in [4.69, 9.17) is 11.6 Å². The van der Waals surface area contributed by atoms with E-state index in [0.717, 1.165) is 24.0 Å². The number of amides is 1. The van der Waals surface area contributed by atoms with Gasteiger partial charge in [0.25, 0.3) is 5.91 Å². The molecule has 1 N–H and O–H groups in total. The van der Waals surface area contributed by atoms with E-state index in [0.29, 0.717) is 21.9 Å². The van der Waals surface area contributed by atoms with Crippen LogP contribution in [0.1, 0.15) is 36.5 Å². The van der Waals surface area contributed by atoms with Gasteiger partial charge in [-0.25, -0.2) is 13.8 Å². The van der Waals surface area contributed by atoms with Gasteiger partial charge >= 0.3 is 6.18 Å². The van der Waals surface area contributed by atoms with E-state index in [1.165, 1.54) is 6.21 Å². The normalized spacial score (nSPS) is 12.4. The van der Waals surface area contributed by atoms with Crippen molar-refractivity contribution >= 4 is 39.4 Å². The molecule has 0 aliphatic heterocycles. The number of hydrogen-bond donors (Lipinski definition) is 1. The molecule has 0 aliphatic rings. The Morgan fingerprint density at radius 1 is 1.19 bits per heavy atom. The Morgan fingerprint density at radius 3 is 2.32 bits per heavy atom. The molecule has 6 nitrogen and oxygen atoms in total. The van der Waals surface area contributed by atoms with E-state index < -0.39 is 39.2 Å². The predicted octanol–water partition coefficient (Wildman–Crippen LogP) is 4.40. The van der Waals surface area contributed by atoms with Crippen molar-refractivity contribution in [2.75, 3.05) is 17.1 Å². The zero-order chi connectivity index (χ0) is 23.4. The molecule has 0 heterocycles. The molecule has 31 heavy (non-hydrogen) atoms. The zero-order valence-electron chi connectivity index (χ0n) is 16.9. The topological polar surface area (TPSA) is 78.8 Å². The Hall–Kier alpha value is -2.59. The van der Waals surface area contributed by atoms with Gasteiger partial charge in [-0.1, -0.05) is 49.7 Å². The van der Waals surface area contributed by atoms with E-state index in [9.17, 15) is 26.4 Å². The number of halogens is 4. The third-order valence-corrected chi connectivity index (χ3v) is 5.71. The molecule has 0 saturated carbocycles. The van der Waals surface area contributed by atoms with Crippen LogP contribution in [0.3, 0.4) is 0 Å². The van der Waals surface area contributed by atoms with Gasteiger partial charge in [-0.3, -0.25) is 9.10 Å². The molecule has 0 radical (unpaired) electrons. The van der Waals surface area contributed by atoms with Crippen LogP contribution in [-0.2, 0) is 21.0 Å². The Kier molecular flexibility index (Phi) is 7.72. The van der Waals surface area contributed by atoms with Crippen LogP contribution < -0.4 is 9.73 Å². The minimum Gasteiger partial charge on any atom is -0.271 e. The highest BCUT2D eigenvalue weighted by atomic mass is 35.5. The van der Waals surface area contributed by atoms with Crippen molar-refractivity contribution in [3.63, 3.8) is 0 Å². The number of benzene rings is 2. The second-order valence-corrected chi connectivity index (χ2v) is 9.36. The van der Waals surface area contributed by atoms with E-state index in [1.54, 1.807) is 12.1 Å². The first kappa shape index (κ1) is 24.7. The largest absolute Gasteiger partial charge is 0.417 e. The number of nitrogens with one attached hydrogen (secondary N) is 1. The first-order valence-electron chi connectivity index (χ1n) is 9.05. The molecule has 11 heteroatoms. The molecular formula is C20H21ClF3N3O3S. The number of hydrogen-bond acceptors (Lipinski definition) is 4. The fraction of sp³-hybridized carbons (Fsp3) is 0.300. The zero-order valence-corrected chi connectivity index (χ0v) is 18.5. The van der Waals surface area contributed by atoms with Gasteiger partial charge in [0.1, 0.15) is 6.54 Å². The number of carbonyl (C=O) groups is 1. The summed E-state index contributed by atoms with van der Waals surface area (Å²) in [6, 6.07) is 10.0. The van der Waals surface area contributed by atoms with Crippen molar-refractivity contribution in [3.8, 4) is 0 Å². The van der Waals surface area contributed by atoms with Crippen molar-refractivity contribution in [2.45, 2.75) is 25.9 Å². The molecule has 2 aromatic carbocycles. The van der Waals surface area contributed by atoms with Crippen LogP contribution >= 0.6 is 11.6 Å². The van der Waals surface area contributed by atoms with Crippen molar-refractivity contribution in [3.05, 3.63) is 64.2 Å². The summed E-state index contributed by atoms with van der Waals surface area (Å²) in [6.07, 6.45) is -2.63. The summed E-state index contributed by atoms with van der Waals surface area (Å²) < 4.78 is 64.0. The SMILES string of the molecule is CC(C)c1ccc(/C=N\NC(=O)CN(c2ccc(Cl)c(C(F)(F)F)c2)S(C)(=O)=O)cc1. The van der Waals surface area contributed by atoms with Gasteiger partial charge in [-0.15, -0.1) is 0 Å². The van der Waals surface area contributed by atoms with Gasteiger partial charge in [0.2, 0.25) is 10.0 Å². The lowest BCUT2D eigenvalue weighted by Crippen LogP contribution is -2.39. The molecule has 2 aromatic rings. The molecule has 0 atom stereocenters. The summed E-state index contributed by atoms with van der Waals surface area (Å²) in [6.45, 7) is 3.34. The third kappa shape index (κ3) is 6.96. The molecule has 0 aliphatic carbocycles.